The van der Waals surface area contributed by atoms with E-state index in [2.05, 4.69) is 0 Å². The minimum atomic E-state index is -0.638. The van der Waals surface area contributed by atoms with Gasteiger partial charge in [-0.05, 0) is 13.0 Å². The highest BCUT2D eigenvalue weighted by Gasteiger charge is 2.14. The van der Waals surface area contributed by atoms with Crippen LogP contribution in [0.5, 0.6) is 0 Å². The second-order valence-corrected chi connectivity index (χ2v) is 4.31. The van der Waals surface area contributed by atoms with Crippen LogP contribution in [-0.4, -0.2) is 15.0 Å². The number of hydrazine groups is 1. The maximum Gasteiger partial charge on any atom is 0.316 e. The smallest absolute Gasteiger partial charge is 0.316 e. The van der Waals surface area contributed by atoms with Gasteiger partial charge in [0.15, 0.2) is 5.76 Å². The van der Waals surface area contributed by atoms with Gasteiger partial charge in [-0.2, -0.15) is 0 Å². The lowest BCUT2D eigenvalue weighted by Crippen LogP contribution is -2.39. The summed E-state index contributed by atoms with van der Waals surface area (Å²) in [5.74, 6) is 4.99. The van der Waals surface area contributed by atoms with Crippen LogP contribution in [0.25, 0.3) is 0 Å². The van der Waals surface area contributed by atoms with Crippen LogP contribution in [0.2, 0.25) is 0 Å². The quantitative estimate of drug-likeness (QED) is 0.327. The Hall–Kier alpha value is -2.61. The number of furan rings is 1. The molecular formula is C12H14N4O4. The van der Waals surface area contributed by atoms with Crippen LogP contribution in [0.1, 0.15) is 21.9 Å². The fourth-order valence-corrected chi connectivity index (χ4v) is 1.76. The van der Waals surface area contributed by atoms with Crippen LogP contribution in [-0.2, 0) is 13.6 Å². The van der Waals surface area contributed by atoms with Gasteiger partial charge in [0.05, 0.1) is 6.54 Å². The Morgan fingerprint density at radius 2 is 2.05 bits per heavy atom. The molecule has 0 aliphatic heterocycles. The molecular weight excluding hydrogens is 264 g/mol. The lowest BCUT2D eigenvalue weighted by Gasteiger charge is -2.04. The van der Waals surface area contributed by atoms with Crippen LogP contribution in [0.4, 0.5) is 0 Å². The van der Waals surface area contributed by atoms with Crippen molar-refractivity contribution < 1.29 is 9.21 Å². The van der Waals surface area contributed by atoms with Crippen molar-refractivity contribution in [3.63, 3.8) is 0 Å². The SMILES string of the molecule is Cc1oc(C(=O)NN)cc1Cn1ccn(C)c(=O)c1=O. The summed E-state index contributed by atoms with van der Waals surface area (Å²) in [5, 5.41) is 0. The Kier molecular flexibility index (Phi) is 3.57. The van der Waals surface area contributed by atoms with E-state index in [4.69, 9.17) is 10.3 Å². The van der Waals surface area contributed by atoms with Gasteiger partial charge >= 0.3 is 17.0 Å². The van der Waals surface area contributed by atoms with Crippen LogP contribution in [0, 0.1) is 6.92 Å². The highest BCUT2D eigenvalue weighted by atomic mass is 16.4. The summed E-state index contributed by atoms with van der Waals surface area (Å²) in [6.45, 7) is 1.80. The molecule has 3 N–H and O–H groups in total. The molecule has 0 saturated carbocycles. The molecule has 0 radical (unpaired) electrons. The summed E-state index contributed by atoms with van der Waals surface area (Å²) in [5.41, 5.74) is 1.33. The largest absolute Gasteiger partial charge is 0.456 e. The normalized spacial score (nSPS) is 10.6. The first-order valence-corrected chi connectivity index (χ1v) is 5.80. The molecule has 20 heavy (non-hydrogen) atoms. The van der Waals surface area contributed by atoms with Gasteiger partial charge in [0, 0.05) is 25.0 Å². The Morgan fingerprint density at radius 3 is 2.70 bits per heavy atom. The van der Waals surface area contributed by atoms with Gasteiger partial charge in [-0.3, -0.25) is 19.8 Å². The predicted molar refractivity (Wildman–Crippen MR) is 70.1 cm³/mol. The average molecular weight is 278 g/mol. The maximum atomic E-state index is 11.8. The predicted octanol–water partition coefficient (Wildman–Crippen LogP) is -0.900. The molecule has 2 aromatic heterocycles. The Labute approximate surface area is 113 Å². The Bertz CT molecular complexity index is 768. The third kappa shape index (κ3) is 2.41. The van der Waals surface area contributed by atoms with Crippen LogP contribution in [0.15, 0.2) is 32.5 Å². The van der Waals surface area contributed by atoms with Crippen LogP contribution >= 0.6 is 0 Å². The van der Waals surface area contributed by atoms with E-state index in [1.165, 1.54) is 34.6 Å². The molecule has 0 aliphatic carbocycles. The number of hydrogen-bond acceptors (Lipinski definition) is 5. The molecule has 2 heterocycles. The Morgan fingerprint density at radius 1 is 1.35 bits per heavy atom. The topological polar surface area (TPSA) is 112 Å². The van der Waals surface area contributed by atoms with Gasteiger partial charge in [0.25, 0.3) is 0 Å². The van der Waals surface area contributed by atoms with Crippen molar-refractivity contribution in [3.8, 4) is 0 Å². The zero-order chi connectivity index (χ0) is 14.9. The number of amides is 1. The fraction of sp³-hybridized carbons (Fsp3) is 0.250. The zero-order valence-electron chi connectivity index (χ0n) is 11.0. The number of hydrogen-bond donors (Lipinski definition) is 2. The van der Waals surface area contributed by atoms with Crippen molar-refractivity contribution >= 4 is 5.91 Å². The standard InChI is InChI=1S/C12H14N4O4/c1-7-8(5-9(20-7)10(17)14-13)6-16-4-3-15(2)11(18)12(16)19/h3-5H,6,13H2,1-2H3,(H,14,17). The van der Waals surface area contributed by atoms with E-state index in [0.717, 1.165) is 0 Å². The minimum Gasteiger partial charge on any atom is -0.456 e. The average Bonchev–Trinajstić information content (AvgIpc) is 2.80. The van der Waals surface area contributed by atoms with E-state index >= 15 is 0 Å². The number of rotatable bonds is 3. The summed E-state index contributed by atoms with van der Waals surface area (Å²) < 4.78 is 7.70. The Balaban J connectivity index is 2.38. The number of aryl methyl sites for hydroxylation is 2. The summed E-state index contributed by atoms with van der Waals surface area (Å²) in [6, 6.07) is 1.49. The number of carbonyl (C=O) groups excluding carboxylic acids is 1. The van der Waals surface area contributed by atoms with E-state index in [1.807, 2.05) is 5.43 Å². The van der Waals surface area contributed by atoms with Crippen molar-refractivity contribution in [3.05, 3.63) is 56.3 Å². The van der Waals surface area contributed by atoms with E-state index in [1.54, 1.807) is 6.92 Å². The number of nitrogens with one attached hydrogen (secondary N) is 1. The third-order valence-electron chi connectivity index (χ3n) is 2.95. The molecule has 0 aliphatic rings. The molecule has 0 saturated heterocycles. The monoisotopic (exact) mass is 278 g/mol. The number of nitrogens with two attached hydrogens (primary N) is 1. The van der Waals surface area contributed by atoms with Crippen molar-refractivity contribution in [1.29, 1.82) is 0 Å². The van der Waals surface area contributed by atoms with Gasteiger partial charge in [0.1, 0.15) is 5.76 Å². The molecule has 0 bridgehead atoms. The maximum absolute atomic E-state index is 11.8. The number of carbonyl (C=O) groups is 1. The summed E-state index contributed by atoms with van der Waals surface area (Å²) in [6.07, 6.45) is 2.99. The van der Waals surface area contributed by atoms with Crippen molar-refractivity contribution in [2.75, 3.05) is 0 Å². The van der Waals surface area contributed by atoms with Crippen molar-refractivity contribution in [1.82, 2.24) is 14.6 Å². The lowest BCUT2D eigenvalue weighted by molar-refractivity contribution is 0.0924. The summed E-state index contributed by atoms with van der Waals surface area (Å²) >= 11 is 0. The van der Waals surface area contributed by atoms with Crippen molar-refractivity contribution in [2.24, 2.45) is 12.9 Å². The first kappa shape index (κ1) is 13.8. The molecule has 0 unspecified atom stereocenters. The molecule has 0 aromatic carbocycles. The number of nitrogens with zero attached hydrogens (tertiary/aromatic N) is 2. The highest BCUT2D eigenvalue weighted by molar-refractivity contribution is 5.91. The van der Waals surface area contributed by atoms with Gasteiger partial charge < -0.3 is 13.6 Å². The molecule has 0 spiro atoms. The van der Waals surface area contributed by atoms with Crippen LogP contribution < -0.4 is 22.4 Å². The van der Waals surface area contributed by atoms with Gasteiger partial charge in [-0.25, -0.2) is 5.84 Å². The molecule has 0 atom stereocenters. The molecule has 2 aromatic rings. The van der Waals surface area contributed by atoms with E-state index in [9.17, 15) is 14.4 Å². The van der Waals surface area contributed by atoms with E-state index < -0.39 is 17.0 Å². The molecule has 0 fully saturated rings. The van der Waals surface area contributed by atoms with E-state index in [-0.39, 0.29) is 12.3 Å². The van der Waals surface area contributed by atoms with Crippen LogP contribution in [0.3, 0.4) is 0 Å². The van der Waals surface area contributed by atoms with E-state index in [0.29, 0.717) is 11.3 Å². The second kappa shape index (κ2) is 5.17. The minimum absolute atomic E-state index is 0.0527. The molecule has 1 amide bonds. The van der Waals surface area contributed by atoms with Crippen molar-refractivity contribution in [2.45, 2.75) is 13.5 Å². The molecule has 2 rings (SSSR count). The van der Waals surface area contributed by atoms with Gasteiger partial charge in [-0.1, -0.05) is 0 Å². The highest BCUT2D eigenvalue weighted by Crippen LogP contribution is 2.15. The molecule has 106 valence electrons. The fourth-order valence-electron chi connectivity index (χ4n) is 1.76. The first-order valence-electron chi connectivity index (χ1n) is 5.80. The number of aromatic nitrogens is 2. The number of nitrogen functional groups attached to an aromatic ring is 1. The summed E-state index contributed by atoms with van der Waals surface area (Å²) in [4.78, 5) is 34.7. The van der Waals surface area contributed by atoms with Gasteiger partial charge in [-0.15, -0.1) is 0 Å². The first-order chi connectivity index (χ1) is 9.43. The third-order valence-corrected chi connectivity index (χ3v) is 2.95. The van der Waals surface area contributed by atoms with Gasteiger partial charge in [0.2, 0.25) is 0 Å². The zero-order valence-corrected chi connectivity index (χ0v) is 11.0. The summed E-state index contributed by atoms with van der Waals surface area (Å²) in [7, 11) is 1.50. The molecule has 8 nitrogen and oxygen atoms in total. The molecule has 8 heteroatoms. The lowest BCUT2D eigenvalue weighted by atomic mass is 10.2. The second-order valence-electron chi connectivity index (χ2n) is 4.31.